The van der Waals surface area contributed by atoms with E-state index in [2.05, 4.69) is 31.2 Å². The van der Waals surface area contributed by atoms with Crippen molar-refractivity contribution in [3.63, 3.8) is 0 Å². The van der Waals surface area contributed by atoms with Crippen LogP contribution in [0.3, 0.4) is 0 Å². The Morgan fingerprint density at radius 1 is 1.00 bits per heavy atom. The molecule has 7 N–H and O–H groups in total. The lowest BCUT2D eigenvalue weighted by atomic mass is 10.0. The van der Waals surface area contributed by atoms with E-state index in [4.69, 9.17) is 0 Å². The molecule has 1 aromatic heterocycles. The number of hydrogen-bond donors (Lipinski definition) is 7. The molecule has 0 saturated carbocycles. The summed E-state index contributed by atoms with van der Waals surface area (Å²) in [6, 6.07) is 4.93. The molecule has 1 saturated heterocycles. The van der Waals surface area contributed by atoms with Gasteiger partial charge < -0.3 is 36.5 Å². The molecule has 0 aliphatic carbocycles. The van der Waals surface area contributed by atoms with Crippen LogP contribution in [0.2, 0.25) is 0 Å². The van der Waals surface area contributed by atoms with Gasteiger partial charge in [-0.25, -0.2) is 9.78 Å². The van der Waals surface area contributed by atoms with Crippen LogP contribution in [0, 0.1) is 0 Å². The molecule has 12 heteroatoms. The third-order valence-electron chi connectivity index (χ3n) is 5.70. The van der Waals surface area contributed by atoms with Gasteiger partial charge in [0.2, 0.25) is 17.7 Å². The molecule has 35 heavy (non-hydrogen) atoms. The summed E-state index contributed by atoms with van der Waals surface area (Å²) < 4.78 is 0. The molecule has 1 aliphatic heterocycles. The molecule has 0 bridgehead atoms. The summed E-state index contributed by atoms with van der Waals surface area (Å²) in [5.74, 6) is -3.15. The number of nitrogens with one attached hydrogen (secondary N) is 5. The zero-order valence-electron chi connectivity index (χ0n) is 19.1. The van der Waals surface area contributed by atoms with Crippen molar-refractivity contribution in [3.05, 3.63) is 54.1 Å². The normalized spacial score (nSPS) is 17.7. The fourth-order valence-corrected chi connectivity index (χ4v) is 3.79. The number of rotatable bonds is 12. The van der Waals surface area contributed by atoms with Crippen molar-refractivity contribution in [2.24, 2.45) is 0 Å². The smallest absolute Gasteiger partial charge is 0.326 e. The van der Waals surface area contributed by atoms with Gasteiger partial charge in [0.1, 0.15) is 18.1 Å². The van der Waals surface area contributed by atoms with Gasteiger partial charge >= 0.3 is 5.97 Å². The van der Waals surface area contributed by atoms with Gasteiger partial charge in [-0.05, 0) is 24.9 Å². The lowest BCUT2D eigenvalue weighted by molar-refractivity contribution is -0.142. The summed E-state index contributed by atoms with van der Waals surface area (Å²) in [5, 5.41) is 29.8. The summed E-state index contributed by atoms with van der Waals surface area (Å²) in [4.78, 5) is 56.6. The van der Waals surface area contributed by atoms with Crippen LogP contribution >= 0.6 is 0 Å². The molecule has 2 aromatic rings. The quantitative estimate of drug-likeness (QED) is 0.188. The van der Waals surface area contributed by atoms with Gasteiger partial charge in [-0.15, -0.1) is 0 Å². The van der Waals surface area contributed by atoms with E-state index in [0.717, 1.165) is 12.0 Å². The molecule has 2 heterocycles. The number of carboxylic acid groups (broad SMARTS) is 1. The Hall–Kier alpha value is -3.77. The number of amides is 3. The van der Waals surface area contributed by atoms with Gasteiger partial charge in [-0.1, -0.05) is 30.3 Å². The van der Waals surface area contributed by atoms with Crippen LogP contribution in [-0.2, 0) is 32.0 Å². The molecular formula is C23H30N6O6. The SMILES string of the molecule is O=C(O)C(Cc1cnc[nH]1)NC(=O)C(CO)NC(=O)C(Cc1ccccc1)NC(=O)C1CCCN1. The van der Waals surface area contributed by atoms with E-state index in [1.165, 1.54) is 12.5 Å². The molecule has 0 radical (unpaired) electrons. The van der Waals surface area contributed by atoms with Gasteiger partial charge in [0.15, 0.2) is 0 Å². The first-order valence-electron chi connectivity index (χ1n) is 11.4. The Labute approximate surface area is 201 Å². The maximum atomic E-state index is 13.1. The molecule has 1 aliphatic rings. The number of carbonyl (C=O) groups is 4. The molecule has 1 fully saturated rings. The van der Waals surface area contributed by atoms with Crippen LogP contribution in [0.15, 0.2) is 42.9 Å². The van der Waals surface area contributed by atoms with E-state index < -0.39 is 48.6 Å². The lowest BCUT2D eigenvalue weighted by Gasteiger charge is -2.24. The Kier molecular flexibility index (Phi) is 9.32. The van der Waals surface area contributed by atoms with E-state index in [0.29, 0.717) is 18.7 Å². The number of nitrogens with zero attached hydrogens (tertiary/aromatic N) is 1. The second-order valence-electron chi connectivity index (χ2n) is 8.32. The average molecular weight is 487 g/mol. The minimum absolute atomic E-state index is 0.0613. The van der Waals surface area contributed by atoms with Crippen molar-refractivity contribution in [1.82, 2.24) is 31.2 Å². The number of aromatic amines is 1. The highest BCUT2D eigenvalue weighted by Gasteiger charge is 2.31. The highest BCUT2D eigenvalue weighted by Crippen LogP contribution is 2.08. The first kappa shape index (κ1) is 25.8. The summed E-state index contributed by atoms with van der Waals surface area (Å²) in [7, 11) is 0. The number of aliphatic carboxylic acids is 1. The highest BCUT2D eigenvalue weighted by atomic mass is 16.4. The number of H-pyrrole nitrogens is 1. The Balaban J connectivity index is 1.67. The number of carbonyl (C=O) groups excluding carboxylic acids is 3. The van der Waals surface area contributed by atoms with Crippen molar-refractivity contribution < 1.29 is 29.4 Å². The number of aromatic nitrogens is 2. The number of hydrogen-bond acceptors (Lipinski definition) is 7. The molecule has 3 rings (SSSR count). The van der Waals surface area contributed by atoms with Crippen LogP contribution < -0.4 is 21.3 Å². The monoisotopic (exact) mass is 486 g/mol. The maximum Gasteiger partial charge on any atom is 0.326 e. The second-order valence-corrected chi connectivity index (χ2v) is 8.32. The van der Waals surface area contributed by atoms with Gasteiger partial charge in [-0.3, -0.25) is 14.4 Å². The predicted molar refractivity (Wildman–Crippen MR) is 124 cm³/mol. The van der Waals surface area contributed by atoms with Crippen molar-refractivity contribution in [1.29, 1.82) is 0 Å². The number of benzene rings is 1. The molecular weight excluding hydrogens is 456 g/mol. The van der Waals surface area contributed by atoms with E-state index in [1.807, 2.05) is 18.2 Å². The standard InChI is InChI=1S/C23H30N6O6/c30-12-19(22(33)28-18(23(34)35)10-15-11-24-13-26-15)29-21(32)17(9-14-5-2-1-3-6-14)27-20(31)16-7-4-8-25-16/h1-3,5-6,11,13,16-19,25,30H,4,7-10,12H2,(H,24,26)(H,27,31)(H,28,33)(H,29,32)(H,34,35). The fourth-order valence-electron chi connectivity index (χ4n) is 3.79. The molecule has 4 unspecified atom stereocenters. The summed E-state index contributed by atoms with van der Waals surface area (Å²) in [5.41, 5.74) is 1.29. The number of imidazole rings is 1. The van der Waals surface area contributed by atoms with Crippen molar-refractivity contribution in [2.45, 2.75) is 49.9 Å². The Morgan fingerprint density at radius 2 is 1.71 bits per heavy atom. The van der Waals surface area contributed by atoms with Crippen LogP contribution in [-0.4, -0.2) is 81.2 Å². The fraction of sp³-hybridized carbons (Fsp3) is 0.435. The lowest BCUT2D eigenvalue weighted by Crippen LogP contribution is -2.58. The topological polar surface area (TPSA) is 186 Å². The first-order chi connectivity index (χ1) is 16.9. The minimum Gasteiger partial charge on any atom is -0.480 e. The average Bonchev–Trinajstić information content (AvgIpc) is 3.56. The van der Waals surface area contributed by atoms with Gasteiger partial charge in [0, 0.05) is 24.7 Å². The van der Waals surface area contributed by atoms with Crippen LogP contribution in [0.1, 0.15) is 24.1 Å². The van der Waals surface area contributed by atoms with Gasteiger partial charge in [-0.2, -0.15) is 0 Å². The highest BCUT2D eigenvalue weighted by molar-refractivity contribution is 5.94. The van der Waals surface area contributed by atoms with Crippen LogP contribution in [0.25, 0.3) is 0 Å². The minimum atomic E-state index is -1.41. The number of aliphatic hydroxyl groups is 1. The molecule has 0 spiro atoms. The number of aliphatic hydroxyl groups excluding tert-OH is 1. The summed E-state index contributed by atoms with van der Waals surface area (Å²) in [6.45, 7) is -0.0478. The third-order valence-corrected chi connectivity index (χ3v) is 5.70. The molecule has 12 nitrogen and oxygen atoms in total. The predicted octanol–water partition coefficient (Wildman–Crippen LogP) is -1.52. The zero-order valence-corrected chi connectivity index (χ0v) is 19.1. The van der Waals surface area contributed by atoms with E-state index >= 15 is 0 Å². The number of carboxylic acids is 1. The third kappa shape index (κ3) is 7.62. The maximum absolute atomic E-state index is 13.1. The zero-order chi connectivity index (χ0) is 25.2. The second kappa shape index (κ2) is 12.6. The summed E-state index contributed by atoms with van der Waals surface area (Å²) >= 11 is 0. The molecule has 3 amide bonds. The van der Waals surface area contributed by atoms with E-state index in [9.17, 15) is 29.4 Å². The van der Waals surface area contributed by atoms with E-state index in [-0.39, 0.29) is 18.7 Å². The Morgan fingerprint density at radius 3 is 2.31 bits per heavy atom. The van der Waals surface area contributed by atoms with Crippen molar-refractivity contribution >= 4 is 23.7 Å². The summed E-state index contributed by atoms with van der Waals surface area (Å²) in [6.07, 6.45) is 4.43. The first-order valence-corrected chi connectivity index (χ1v) is 11.4. The Bertz CT molecular complexity index is 993. The van der Waals surface area contributed by atoms with Crippen LogP contribution in [0.4, 0.5) is 0 Å². The molecule has 1 aromatic carbocycles. The molecule has 188 valence electrons. The van der Waals surface area contributed by atoms with Crippen molar-refractivity contribution in [2.75, 3.05) is 13.2 Å². The van der Waals surface area contributed by atoms with Gasteiger partial charge in [0.05, 0.1) is 19.0 Å². The largest absolute Gasteiger partial charge is 0.480 e. The molecule has 4 atom stereocenters. The van der Waals surface area contributed by atoms with E-state index in [1.54, 1.807) is 12.1 Å². The van der Waals surface area contributed by atoms with Crippen LogP contribution in [0.5, 0.6) is 0 Å². The van der Waals surface area contributed by atoms with Gasteiger partial charge in [0.25, 0.3) is 0 Å². The van der Waals surface area contributed by atoms with Crippen molar-refractivity contribution in [3.8, 4) is 0 Å².